The smallest absolute Gasteiger partial charge is 0.243 e. The summed E-state index contributed by atoms with van der Waals surface area (Å²) in [5.41, 5.74) is 6.90. The topological polar surface area (TPSA) is 93.6 Å². The highest BCUT2D eigenvalue weighted by atomic mass is 32.2. The Hall–Kier alpha value is -1.34. The molecule has 86 valence electrons. The molecule has 0 amide bonds. The molecule has 2 rings (SSSR count). The third-order valence-electron chi connectivity index (χ3n) is 2.07. The first kappa shape index (κ1) is 11.2. The van der Waals surface area contributed by atoms with Crippen molar-refractivity contribution < 1.29 is 4.52 Å². The van der Waals surface area contributed by atoms with Crippen molar-refractivity contribution in [2.45, 2.75) is 18.2 Å². The van der Waals surface area contributed by atoms with E-state index in [1.165, 1.54) is 0 Å². The minimum Gasteiger partial charge on any atom is -0.348 e. The van der Waals surface area contributed by atoms with E-state index in [4.69, 9.17) is 10.3 Å². The normalized spacial score (nSPS) is 12.9. The van der Waals surface area contributed by atoms with Crippen LogP contribution < -0.4 is 5.73 Å². The van der Waals surface area contributed by atoms with E-state index in [1.807, 2.05) is 6.26 Å². The van der Waals surface area contributed by atoms with Crippen LogP contribution in [0.15, 0.2) is 17.0 Å². The number of nitrogens with one attached hydrogen (secondary N) is 1. The van der Waals surface area contributed by atoms with Gasteiger partial charge in [0.2, 0.25) is 5.89 Å². The second-order valence-corrected chi connectivity index (χ2v) is 4.24. The molecule has 0 aromatic carbocycles. The Morgan fingerprint density at radius 3 is 3.19 bits per heavy atom. The van der Waals surface area contributed by atoms with E-state index < -0.39 is 0 Å². The van der Waals surface area contributed by atoms with Crippen LogP contribution in [-0.2, 0) is 12.2 Å². The second kappa shape index (κ2) is 5.13. The fourth-order valence-electron chi connectivity index (χ4n) is 1.33. The first-order valence-electron chi connectivity index (χ1n) is 4.84. The average Bonchev–Trinajstić information content (AvgIpc) is 2.89. The zero-order valence-corrected chi connectivity index (χ0v) is 9.70. The lowest BCUT2D eigenvalue weighted by Gasteiger charge is -2.03. The van der Waals surface area contributed by atoms with Crippen LogP contribution in [0.25, 0.3) is 0 Å². The van der Waals surface area contributed by atoms with E-state index in [0.717, 1.165) is 11.4 Å². The molecule has 2 aromatic rings. The van der Waals surface area contributed by atoms with Crippen LogP contribution in [0.3, 0.4) is 0 Å². The molecule has 0 bridgehead atoms. The monoisotopic (exact) mass is 239 g/mol. The second-order valence-electron chi connectivity index (χ2n) is 3.37. The first-order chi connectivity index (χ1) is 7.79. The summed E-state index contributed by atoms with van der Waals surface area (Å²) in [6, 6.07) is -0.288. The molecule has 0 aliphatic rings. The van der Waals surface area contributed by atoms with Crippen LogP contribution in [0.4, 0.5) is 0 Å². The van der Waals surface area contributed by atoms with Crippen molar-refractivity contribution in [2.24, 2.45) is 5.73 Å². The standard InChI is InChI=1S/C9H13N5OS/c1-16-4-8-13-9(15-14-8)7(10)2-6-3-11-5-12-6/h3,5,7H,2,4,10H2,1H3,(H,11,12). The maximum atomic E-state index is 5.94. The minimum absolute atomic E-state index is 0.288. The number of imidazole rings is 1. The van der Waals surface area contributed by atoms with Gasteiger partial charge in [-0.15, -0.1) is 0 Å². The molecule has 1 unspecified atom stereocenters. The molecule has 7 heteroatoms. The van der Waals surface area contributed by atoms with Crippen LogP contribution in [-0.4, -0.2) is 26.4 Å². The Morgan fingerprint density at radius 1 is 1.62 bits per heavy atom. The summed E-state index contributed by atoms with van der Waals surface area (Å²) in [5, 5.41) is 3.84. The molecular formula is C9H13N5OS. The van der Waals surface area contributed by atoms with Crippen molar-refractivity contribution in [2.75, 3.05) is 6.26 Å². The fourth-order valence-corrected chi connectivity index (χ4v) is 1.70. The number of hydrogen-bond donors (Lipinski definition) is 2. The van der Waals surface area contributed by atoms with Gasteiger partial charge in [-0.25, -0.2) is 4.98 Å². The summed E-state index contributed by atoms with van der Waals surface area (Å²) >= 11 is 1.64. The van der Waals surface area contributed by atoms with Gasteiger partial charge in [-0.05, 0) is 6.26 Å². The van der Waals surface area contributed by atoms with Gasteiger partial charge in [0.05, 0.1) is 18.1 Å². The van der Waals surface area contributed by atoms with Gasteiger partial charge >= 0.3 is 0 Å². The molecule has 0 fully saturated rings. The van der Waals surface area contributed by atoms with Crippen LogP contribution in [0.1, 0.15) is 23.5 Å². The van der Waals surface area contributed by atoms with E-state index in [2.05, 4.69) is 20.1 Å². The van der Waals surface area contributed by atoms with Crippen molar-refractivity contribution in [3.05, 3.63) is 29.9 Å². The average molecular weight is 239 g/mol. The Bertz CT molecular complexity index is 427. The van der Waals surface area contributed by atoms with Crippen LogP contribution in [0.5, 0.6) is 0 Å². The zero-order valence-electron chi connectivity index (χ0n) is 8.88. The van der Waals surface area contributed by atoms with Crippen LogP contribution in [0, 0.1) is 0 Å². The van der Waals surface area contributed by atoms with Crippen molar-refractivity contribution >= 4 is 11.8 Å². The highest BCUT2D eigenvalue weighted by Gasteiger charge is 2.15. The third kappa shape index (κ3) is 2.61. The van der Waals surface area contributed by atoms with Crippen molar-refractivity contribution in [1.82, 2.24) is 20.1 Å². The largest absolute Gasteiger partial charge is 0.348 e. The maximum Gasteiger partial charge on any atom is 0.243 e. The molecule has 0 aliphatic heterocycles. The Labute approximate surface area is 97.0 Å². The van der Waals surface area contributed by atoms with E-state index in [9.17, 15) is 0 Å². The number of aromatic amines is 1. The molecule has 0 spiro atoms. The number of rotatable bonds is 5. The molecule has 1 atom stereocenters. The minimum atomic E-state index is -0.288. The van der Waals surface area contributed by atoms with Crippen molar-refractivity contribution in [3.63, 3.8) is 0 Å². The fraction of sp³-hybridized carbons (Fsp3) is 0.444. The summed E-state index contributed by atoms with van der Waals surface area (Å²) in [6.07, 6.45) is 5.95. The molecule has 2 heterocycles. The SMILES string of the molecule is CSCc1noc(C(N)Cc2cnc[nH]2)n1. The molecular weight excluding hydrogens is 226 g/mol. The number of nitrogens with two attached hydrogens (primary N) is 1. The number of hydrogen-bond acceptors (Lipinski definition) is 6. The van der Waals surface area contributed by atoms with Gasteiger partial charge in [-0.3, -0.25) is 0 Å². The summed E-state index contributed by atoms with van der Waals surface area (Å²) in [5.74, 6) is 1.89. The summed E-state index contributed by atoms with van der Waals surface area (Å²) in [6.45, 7) is 0. The number of thioether (sulfide) groups is 1. The van der Waals surface area contributed by atoms with Gasteiger partial charge < -0.3 is 15.2 Å². The molecule has 16 heavy (non-hydrogen) atoms. The predicted molar refractivity (Wildman–Crippen MR) is 60.7 cm³/mol. The quantitative estimate of drug-likeness (QED) is 0.805. The highest BCUT2D eigenvalue weighted by molar-refractivity contribution is 7.97. The molecule has 0 radical (unpaired) electrons. The molecule has 6 nitrogen and oxygen atoms in total. The van der Waals surface area contributed by atoms with E-state index in [-0.39, 0.29) is 6.04 Å². The lowest BCUT2D eigenvalue weighted by Crippen LogP contribution is -2.14. The third-order valence-corrected chi connectivity index (χ3v) is 2.62. The Balaban J connectivity index is 2.00. The number of aromatic nitrogens is 4. The van der Waals surface area contributed by atoms with Gasteiger partial charge in [-0.1, -0.05) is 5.16 Å². The van der Waals surface area contributed by atoms with Crippen molar-refractivity contribution in [1.29, 1.82) is 0 Å². The van der Waals surface area contributed by atoms with Crippen molar-refractivity contribution in [3.8, 4) is 0 Å². The van der Waals surface area contributed by atoms with Crippen LogP contribution in [0.2, 0.25) is 0 Å². The van der Waals surface area contributed by atoms with Crippen LogP contribution >= 0.6 is 11.8 Å². The predicted octanol–water partition coefficient (Wildman–Crippen LogP) is 0.898. The van der Waals surface area contributed by atoms with Gasteiger partial charge in [0.15, 0.2) is 5.82 Å². The van der Waals surface area contributed by atoms with Gasteiger partial charge in [0.1, 0.15) is 0 Å². The van der Waals surface area contributed by atoms with E-state index in [0.29, 0.717) is 18.1 Å². The highest BCUT2D eigenvalue weighted by Crippen LogP contribution is 2.14. The molecule has 3 N–H and O–H groups in total. The summed E-state index contributed by atoms with van der Waals surface area (Å²) < 4.78 is 5.09. The summed E-state index contributed by atoms with van der Waals surface area (Å²) in [7, 11) is 0. The van der Waals surface area contributed by atoms with E-state index >= 15 is 0 Å². The molecule has 0 aliphatic carbocycles. The van der Waals surface area contributed by atoms with Gasteiger partial charge in [0.25, 0.3) is 0 Å². The Morgan fingerprint density at radius 2 is 2.50 bits per heavy atom. The molecule has 0 saturated heterocycles. The zero-order chi connectivity index (χ0) is 11.4. The van der Waals surface area contributed by atoms with Gasteiger partial charge in [-0.2, -0.15) is 16.7 Å². The van der Waals surface area contributed by atoms with E-state index in [1.54, 1.807) is 24.3 Å². The lowest BCUT2D eigenvalue weighted by atomic mass is 10.2. The lowest BCUT2D eigenvalue weighted by molar-refractivity contribution is 0.350. The molecule has 0 saturated carbocycles. The molecule has 2 aromatic heterocycles. The summed E-state index contributed by atoms with van der Waals surface area (Å²) in [4.78, 5) is 11.1. The Kier molecular flexibility index (Phi) is 3.58. The first-order valence-corrected chi connectivity index (χ1v) is 6.23. The van der Waals surface area contributed by atoms with Gasteiger partial charge in [0, 0.05) is 18.3 Å². The maximum absolute atomic E-state index is 5.94. The number of nitrogens with zero attached hydrogens (tertiary/aromatic N) is 3. The number of H-pyrrole nitrogens is 1.